The van der Waals surface area contributed by atoms with E-state index in [1.165, 1.54) is 12.1 Å². The number of rotatable bonds is 4. The number of halogens is 1. The van der Waals surface area contributed by atoms with Gasteiger partial charge >= 0.3 is 0 Å². The summed E-state index contributed by atoms with van der Waals surface area (Å²) < 4.78 is 40.2. The van der Waals surface area contributed by atoms with E-state index < -0.39 is 21.4 Å². The zero-order valence-corrected chi connectivity index (χ0v) is 11.2. The van der Waals surface area contributed by atoms with Gasteiger partial charge in [0.2, 0.25) is 10.0 Å². The van der Waals surface area contributed by atoms with Crippen molar-refractivity contribution in [3.05, 3.63) is 24.0 Å². The van der Waals surface area contributed by atoms with Crippen molar-refractivity contribution in [2.45, 2.75) is 37.1 Å². The Morgan fingerprint density at radius 2 is 2.00 bits per heavy atom. The number of anilines is 1. The highest BCUT2D eigenvalue weighted by Gasteiger charge is 2.40. The van der Waals surface area contributed by atoms with Crippen LogP contribution in [0.1, 0.15) is 26.7 Å². The molecule has 18 heavy (non-hydrogen) atoms. The third-order valence-electron chi connectivity index (χ3n) is 3.28. The summed E-state index contributed by atoms with van der Waals surface area (Å²) in [7, 11) is -3.71. The monoisotopic (exact) mass is 272 g/mol. The van der Waals surface area contributed by atoms with Crippen LogP contribution in [-0.4, -0.2) is 14.0 Å². The first kappa shape index (κ1) is 13.3. The van der Waals surface area contributed by atoms with Crippen LogP contribution in [0.25, 0.3) is 0 Å². The normalized spacial score (nSPS) is 16.8. The zero-order chi connectivity index (χ0) is 13.6. The molecule has 0 aromatic heterocycles. The highest BCUT2D eigenvalue weighted by Crippen LogP contribution is 2.39. The van der Waals surface area contributed by atoms with Crippen LogP contribution in [0.4, 0.5) is 10.1 Å². The summed E-state index contributed by atoms with van der Waals surface area (Å²) in [6.45, 7) is 3.69. The quantitative estimate of drug-likeness (QED) is 0.822. The molecule has 0 amide bonds. The van der Waals surface area contributed by atoms with Gasteiger partial charge in [-0.1, -0.05) is 0 Å². The van der Waals surface area contributed by atoms with Gasteiger partial charge in [-0.2, -0.15) is 0 Å². The fourth-order valence-electron chi connectivity index (χ4n) is 1.97. The van der Waals surface area contributed by atoms with Gasteiger partial charge in [0.15, 0.2) is 0 Å². The number of nitrogens with two attached hydrogens (primary N) is 1. The maximum absolute atomic E-state index is 13.3. The molecule has 1 aliphatic carbocycles. The van der Waals surface area contributed by atoms with E-state index in [9.17, 15) is 12.8 Å². The molecule has 0 heterocycles. The second-order valence-electron chi connectivity index (χ2n) is 5.28. The van der Waals surface area contributed by atoms with Crippen LogP contribution in [0.5, 0.6) is 0 Å². The minimum Gasteiger partial charge on any atom is -0.396 e. The predicted octanol–water partition coefficient (Wildman–Crippen LogP) is 1.87. The SMILES string of the molecule is CC(C)(NS(=O)(=O)c1ccc(N)c(F)c1)C1CC1. The maximum Gasteiger partial charge on any atom is 0.241 e. The molecule has 0 spiro atoms. The van der Waals surface area contributed by atoms with Gasteiger partial charge in [0.05, 0.1) is 10.6 Å². The lowest BCUT2D eigenvalue weighted by Crippen LogP contribution is -2.45. The molecule has 3 N–H and O–H groups in total. The van der Waals surface area contributed by atoms with Gasteiger partial charge in [-0.05, 0) is 50.8 Å². The van der Waals surface area contributed by atoms with Crippen molar-refractivity contribution in [1.82, 2.24) is 4.72 Å². The minimum absolute atomic E-state index is 0.0598. The molecule has 1 fully saturated rings. The summed E-state index contributed by atoms with van der Waals surface area (Å²) in [4.78, 5) is -0.0945. The smallest absolute Gasteiger partial charge is 0.241 e. The van der Waals surface area contributed by atoms with Crippen LogP contribution in [0.3, 0.4) is 0 Å². The Bertz CT molecular complexity index is 565. The van der Waals surface area contributed by atoms with Gasteiger partial charge in [0.25, 0.3) is 0 Å². The molecule has 1 aromatic rings. The lowest BCUT2D eigenvalue weighted by Gasteiger charge is -2.25. The van der Waals surface area contributed by atoms with Gasteiger partial charge in [-0.25, -0.2) is 17.5 Å². The summed E-state index contributed by atoms with van der Waals surface area (Å²) in [5, 5.41) is 0. The van der Waals surface area contributed by atoms with E-state index in [0.717, 1.165) is 18.9 Å². The first-order chi connectivity index (χ1) is 8.22. The van der Waals surface area contributed by atoms with Gasteiger partial charge < -0.3 is 5.73 Å². The molecule has 100 valence electrons. The summed E-state index contributed by atoms with van der Waals surface area (Å²) in [6.07, 6.45) is 2.04. The topological polar surface area (TPSA) is 72.2 Å². The van der Waals surface area contributed by atoms with Gasteiger partial charge in [-0.15, -0.1) is 0 Å². The zero-order valence-electron chi connectivity index (χ0n) is 10.4. The third kappa shape index (κ3) is 2.64. The number of benzene rings is 1. The van der Waals surface area contributed by atoms with E-state index in [1.54, 1.807) is 0 Å². The molecule has 0 radical (unpaired) electrons. The van der Waals surface area contributed by atoms with E-state index in [4.69, 9.17) is 5.73 Å². The molecular formula is C12H17FN2O2S. The summed E-state index contributed by atoms with van der Waals surface area (Å²) in [6, 6.07) is 3.51. The Balaban J connectivity index is 2.27. The lowest BCUT2D eigenvalue weighted by atomic mass is 10.0. The summed E-state index contributed by atoms with van der Waals surface area (Å²) in [5.41, 5.74) is 4.76. The van der Waals surface area contributed by atoms with Crippen molar-refractivity contribution in [2.75, 3.05) is 5.73 Å². The van der Waals surface area contributed by atoms with E-state index in [0.29, 0.717) is 5.92 Å². The number of hydrogen-bond donors (Lipinski definition) is 2. The second-order valence-corrected chi connectivity index (χ2v) is 6.97. The maximum atomic E-state index is 13.3. The lowest BCUT2D eigenvalue weighted by molar-refractivity contribution is 0.400. The number of sulfonamides is 1. The van der Waals surface area contributed by atoms with Crippen LogP contribution >= 0.6 is 0 Å². The molecular weight excluding hydrogens is 255 g/mol. The standard InChI is InChI=1S/C12H17FN2O2S/c1-12(2,8-3-4-8)15-18(16,17)9-5-6-11(14)10(13)7-9/h5-8,15H,3-4,14H2,1-2H3. The number of nitrogen functional groups attached to an aromatic ring is 1. The number of hydrogen-bond acceptors (Lipinski definition) is 3. The summed E-state index contributed by atoms with van der Waals surface area (Å²) >= 11 is 0. The Kier molecular flexibility index (Phi) is 3.11. The molecule has 0 saturated heterocycles. The van der Waals surface area contributed by atoms with Crippen molar-refractivity contribution in [3.8, 4) is 0 Å². The van der Waals surface area contributed by atoms with E-state index in [1.807, 2.05) is 13.8 Å². The van der Waals surface area contributed by atoms with Crippen LogP contribution in [-0.2, 0) is 10.0 Å². The Labute approximate surface area is 106 Å². The fourth-order valence-corrected chi connectivity index (χ4v) is 3.45. The van der Waals surface area contributed by atoms with Crippen molar-refractivity contribution in [1.29, 1.82) is 0 Å². The first-order valence-electron chi connectivity index (χ1n) is 5.81. The number of nitrogens with one attached hydrogen (secondary N) is 1. The molecule has 0 aliphatic heterocycles. The molecule has 0 bridgehead atoms. The van der Waals surface area contributed by atoms with Crippen molar-refractivity contribution in [2.24, 2.45) is 5.92 Å². The van der Waals surface area contributed by atoms with Crippen LogP contribution in [0.15, 0.2) is 23.1 Å². The molecule has 1 aliphatic rings. The van der Waals surface area contributed by atoms with Gasteiger partial charge in [0.1, 0.15) is 5.82 Å². The van der Waals surface area contributed by atoms with E-state index in [-0.39, 0.29) is 10.6 Å². The van der Waals surface area contributed by atoms with Gasteiger partial charge in [0, 0.05) is 5.54 Å². The molecule has 1 saturated carbocycles. The van der Waals surface area contributed by atoms with Crippen LogP contribution < -0.4 is 10.5 Å². The van der Waals surface area contributed by atoms with Crippen molar-refractivity contribution >= 4 is 15.7 Å². The molecule has 1 aromatic carbocycles. The van der Waals surface area contributed by atoms with Crippen LogP contribution in [0.2, 0.25) is 0 Å². The Morgan fingerprint density at radius 3 is 2.50 bits per heavy atom. The van der Waals surface area contributed by atoms with Gasteiger partial charge in [-0.3, -0.25) is 0 Å². The van der Waals surface area contributed by atoms with E-state index in [2.05, 4.69) is 4.72 Å². The largest absolute Gasteiger partial charge is 0.396 e. The summed E-state index contributed by atoms with van der Waals surface area (Å²) in [5.74, 6) is -0.368. The average molecular weight is 272 g/mol. The highest BCUT2D eigenvalue weighted by atomic mass is 32.2. The molecule has 4 nitrogen and oxygen atoms in total. The van der Waals surface area contributed by atoms with Crippen molar-refractivity contribution < 1.29 is 12.8 Å². The minimum atomic E-state index is -3.71. The van der Waals surface area contributed by atoms with Crippen molar-refractivity contribution in [3.63, 3.8) is 0 Å². The Morgan fingerprint density at radius 1 is 1.39 bits per heavy atom. The predicted molar refractivity (Wildman–Crippen MR) is 67.9 cm³/mol. The first-order valence-corrected chi connectivity index (χ1v) is 7.30. The second kappa shape index (κ2) is 4.20. The highest BCUT2D eigenvalue weighted by molar-refractivity contribution is 7.89. The molecule has 6 heteroatoms. The Hall–Kier alpha value is -1.14. The molecule has 2 rings (SSSR count). The van der Waals surface area contributed by atoms with Crippen LogP contribution in [0, 0.1) is 11.7 Å². The molecule has 0 atom stereocenters. The molecule has 0 unspecified atom stereocenters. The third-order valence-corrected chi connectivity index (χ3v) is 4.95. The fraction of sp³-hybridized carbons (Fsp3) is 0.500. The van der Waals surface area contributed by atoms with E-state index >= 15 is 0 Å². The average Bonchev–Trinajstić information content (AvgIpc) is 3.03.